The number of hydrogen-bond acceptors (Lipinski definition) is 5. The molecule has 0 unspecified atom stereocenters. The Kier molecular flexibility index (Phi) is 5.01. The van der Waals surface area contributed by atoms with Crippen LogP contribution in [0.5, 0.6) is 5.88 Å². The first-order valence-electron chi connectivity index (χ1n) is 7.19. The van der Waals surface area contributed by atoms with Crippen LogP contribution in [0.25, 0.3) is 0 Å². The van der Waals surface area contributed by atoms with Crippen molar-refractivity contribution >= 4 is 0 Å². The van der Waals surface area contributed by atoms with E-state index in [0.29, 0.717) is 39.1 Å². The van der Waals surface area contributed by atoms with Gasteiger partial charge in [0, 0.05) is 46.2 Å². The smallest absolute Gasteiger partial charge is 0.216 e. The molecule has 0 bridgehead atoms. The first-order chi connectivity index (χ1) is 9.59. The fraction of sp³-hybridized carbons (Fsp3) is 0.786. The zero-order valence-corrected chi connectivity index (χ0v) is 12.6. The van der Waals surface area contributed by atoms with E-state index in [4.69, 9.17) is 9.47 Å². The predicted molar refractivity (Wildman–Crippen MR) is 75.8 cm³/mol. The van der Waals surface area contributed by atoms with Gasteiger partial charge in [-0.1, -0.05) is 6.92 Å². The molecule has 0 amide bonds. The van der Waals surface area contributed by atoms with Gasteiger partial charge in [-0.05, 0) is 6.42 Å². The van der Waals surface area contributed by atoms with Crippen LogP contribution in [0.15, 0.2) is 0 Å². The van der Waals surface area contributed by atoms with Crippen molar-refractivity contribution in [2.24, 2.45) is 7.05 Å². The average Bonchev–Trinajstić information content (AvgIpc) is 2.75. The molecule has 0 radical (unpaired) electrons. The average molecular weight is 283 g/mol. The Morgan fingerprint density at radius 1 is 1.45 bits per heavy atom. The Hall–Kier alpha value is -1.11. The highest BCUT2D eigenvalue weighted by molar-refractivity contribution is 5.31. The molecule has 1 fully saturated rings. The standard InChI is InChI=1S/C14H25N3O3/c1-4-12-11(13(19-3)17(2)16-12)9-15-10-14(18)5-7-20-8-6-14/h15,18H,4-10H2,1-3H3. The fourth-order valence-corrected chi connectivity index (χ4v) is 2.67. The lowest BCUT2D eigenvalue weighted by Crippen LogP contribution is -2.44. The van der Waals surface area contributed by atoms with E-state index in [1.807, 2.05) is 7.05 Å². The lowest BCUT2D eigenvalue weighted by molar-refractivity contribution is -0.0617. The van der Waals surface area contributed by atoms with E-state index in [2.05, 4.69) is 17.3 Å². The highest BCUT2D eigenvalue weighted by Crippen LogP contribution is 2.23. The van der Waals surface area contributed by atoms with Crippen LogP contribution in [0.2, 0.25) is 0 Å². The molecule has 2 rings (SSSR count). The molecule has 1 aliphatic rings. The van der Waals surface area contributed by atoms with Gasteiger partial charge in [0.25, 0.3) is 0 Å². The SMILES string of the molecule is CCc1nn(C)c(OC)c1CNCC1(O)CCOCC1. The number of rotatable bonds is 6. The van der Waals surface area contributed by atoms with E-state index >= 15 is 0 Å². The Labute approximate surface area is 120 Å². The zero-order chi connectivity index (χ0) is 14.6. The van der Waals surface area contributed by atoms with Gasteiger partial charge in [-0.15, -0.1) is 0 Å². The highest BCUT2D eigenvalue weighted by atomic mass is 16.5. The number of aromatic nitrogens is 2. The summed E-state index contributed by atoms with van der Waals surface area (Å²) in [4.78, 5) is 0. The quantitative estimate of drug-likeness (QED) is 0.801. The Bertz CT molecular complexity index is 439. The van der Waals surface area contributed by atoms with Crippen molar-refractivity contribution in [3.8, 4) is 5.88 Å². The lowest BCUT2D eigenvalue weighted by atomic mass is 9.94. The van der Waals surface area contributed by atoms with Crippen molar-refractivity contribution in [2.45, 2.75) is 38.3 Å². The van der Waals surface area contributed by atoms with Crippen molar-refractivity contribution in [2.75, 3.05) is 26.9 Å². The summed E-state index contributed by atoms with van der Waals surface area (Å²) in [6.45, 7) is 4.57. The predicted octanol–water partition coefficient (Wildman–Crippen LogP) is 0.622. The minimum atomic E-state index is -0.653. The van der Waals surface area contributed by atoms with Gasteiger partial charge in [0.15, 0.2) is 0 Å². The second-order valence-corrected chi connectivity index (χ2v) is 5.35. The van der Waals surface area contributed by atoms with Crippen LogP contribution >= 0.6 is 0 Å². The van der Waals surface area contributed by atoms with Crippen LogP contribution in [-0.4, -0.2) is 47.4 Å². The molecule has 6 nitrogen and oxygen atoms in total. The van der Waals surface area contributed by atoms with Gasteiger partial charge in [-0.25, -0.2) is 4.68 Å². The van der Waals surface area contributed by atoms with E-state index in [1.165, 1.54) is 0 Å². The third kappa shape index (κ3) is 3.31. The number of aliphatic hydroxyl groups is 1. The van der Waals surface area contributed by atoms with Gasteiger partial charge in [-0.3, -0.25) is 0 Å². The third-order valence-corrected chi connectivity index (χ3v) is 3.88. The molecule has 0 atom stereocenters. The van der Waals surface area contributed by atoms with Crippen LogP contribution in [0.4, 0.5) is 0 Å². The molecule has 1 aromatic heterocycles. The molecule has 0 aromatic carbocycles. The van der Waals surface area contributed by atoms with Gasteiger partial charge >= 0.3 is 0 Å². The largest absolute Gasteiger partial charge is 0.481 e. The summed E-state index contributed by atoms with van der Waals surface area (Å²) in [5, 5.41) is 18.2. The van der Waals surface area contributed by atoms with Crippen molar-refractivity contribution in [3.63, 3.8) is 0 Å². The summed E-state index contributed by atoms with van der Waals surface area (Å²) < 4.78 is 12.5. The Morgan fingerprint density at radius 2 is 2.15 bits per heavy atom. The maximum absolute atomic E-state index is 10.4. The minimum Gasteiger partial charge on any atom is -0.481 e. The second-order valence-electron chi connectivity index (χ2n) is 5.35. The van der Waals surface area contributed by atoms with E-state index in [0.717, 1.165) is 23.6 Å². The number of hydrogen-bond donors (Lipinski definition) is 2. The molecule has 1 saturated heterocycles. The lowest BCUT2D eigenvalue weighted by Gasteiger charge is -2.32. The van der Waals surface area contributed by atoms with Crippen LogP contribution in [-0.2, 0) is 24.8 Å². The van der Waals surface area contributed by atoms with Gasteiger partial charge < -0.3 is 19.9 Å². The van der Waals surface area contributed by atoms with Crippen LogP contribution < -0.4 is 10.1 Å². The minimum absolute atomic E-state index is 0.567. The van der Waals surface area contributed by atoms with Gasteiger partial charge in [-0.2, -0.15) is 5.10 Å². The second kappa shape index (κ2) is 6.56. The van der Waals surface area contributed by atoms with Crippen molar-refractivity contribution < 1.29 is 14.6 Å². The molecule has 1 aromatic rings. The molecule has 0 spiro atoms. The monoisotopic (exact) mass is 283 g/mol. The first-order valence-corrected chi connectivity index (χ1v) is 7.19. The molecule has 0 saturated carbocycles. The number of aryl methyl sites for hydroxylation is 2. The van der Waals surface area contributed by atoms with Crippen molar-refractivity contribution in [1.29, 1.82) is 0 Å². The van der Waals surface area contributed by atoms with E-state index in [-0.39, 0.29) is 0 Å². The third-order valence-electron chi connectivity index (χ3n) is 3.88. The molecular formula is C14H25N3O3. The summed E-state index contributed by atoms with van der Waals surface area (Å²) >= 11 is 0. The molecule has 2 N–H and O–H groups in total. The van der Waals surface area contributed by atoms with Crippen LogP contribution in [0.1, 0.15) is 31.0 Å². The van der Waals surface area contributed by atoms with E-state index < -0.39 is 5.60 Å². The van der Waals surface area contributed by atoms with Crippen molar-refractivity contribution in [3.05, 3.63) is 11.3 Å². The highest BCUT2D eigenvalue weighted by Gasteiger charge is 2.29. The van der Waals surface area contributed by atoms with Crippen LogP contribution in [0.3, 0.4) is 0 Å². The Morgan fingerprint density at radius 3 is 2.75 bits per heavy atom. The summed E-state index contributed by atoms with van der Waals surface area (Å²) in [7, 11) is 3.54. The number of nitrogens with one attached hydrogen (secondary N) is 1. The maximum atomic E-state index is 10.4. The number of nitrogens with zero attached hydrogens (tertiary/aromatic N) is 2. The molecular weight excluding hydrogens is 258 g/mol. The Balaban J connectivity index is 1.96. The molecule has 0 aliphatic carbocycles. The number of ether oxygens (including phenoxy) is 2. The molecule has 114 valence electrons. The normalized spacial score (nSPS) is 18.2. The van der Waals surface area contributed by atoms with E-state index in [1.54, 1.807) is 11.8 Å². The summed E-state index contributed by atoms with van der Waals surface area (Å²) in [6, 6.07) is 0. The number of methoxy groups -OCH3 is 1. The van der Waals surface area contributed by atoms with Gasteiger partial charge in [0.05, 0.1) is 24.0 Å². The van der Waals surface area contributed by atoms with E-state index in [9.17, 15) is 5.11 Å². The summed E-state index contributed by atoms with van der Waals surface area (Å²) in [5.41, 5.74) is 1.46. The van der Waals surface area contributed by atoms with Gasteiger partial charge in [0.2, 0.25) is 5.88 Å². The molecule has 2 heterocycles. The summed E-state index contributed by atoms with van der Waals surface area (Å²) in [6.07, 6.45) is 2.24. The topological polar surface area (TPSA) is 68.5 Å². The van der Waals surface area contributed by atoms with Gasteiger partial charge in [0.1, 0.15) is 0 Å². The van der Waals surface area contributed by atoms with Crippen LogP contribution in [0, 0.1) is 0 Å². The summed E-state index contributed by atoms with van der Waals surface area (Å²) in [5.74, 6) is 0.785. The molecule has 1 aliphatic heterocycles. The maximum Gasteiger partial charge on any atom is 0.216 e. The zero-order valence-electron chi connectivity index (χ0n) is 12.6. The fourth-order valence-electron chi connectivity index (χ4n) is 2.67. The van der Waals surface area contributed by atoms with Crippen molar-refractivity contribution in [1.82, 2.24) is 15.1 Å². The molecule has 20 heavy (non-hydrogen) atoms. The first kappa shape index (κ1) is 15.3. The molecule has 6 heteroatoms.